The molecule has 0 amide bonds. The van der Waals surface area contributed by atoms with Gasteiger partial charge in [-0.3, -0.25) is 4.79 Å². The highest BCUT2D eigenvalue weighted by atomic mass is 32.1. The zero-order valence-electron chi connectivity index (χ0n) is 9.37. The molecule has 1 aromatic heterocycles. The lowest BCUT2D eigenvalue weighted by Gasteiger charge is -2.09. The average Bonchev–Trinajstić information content (AvgIpc) is 2.80. The molecule has 0 atom stereocenters. The number of benzene rings is 1. The van der Waals surface area contributed by atoms with Crippen molar-refractivity contribution < 1.29 is 22.4 Å². The number of halogens is 4. The molecule has 0 N–H and O–H groups in total. The van der Waals surface area contributed by atoms with E-state index in [9.17, 15) is 22.4 Å². The van der Waals surface area contributed by atoms with Crippen molar-refractivity contribution in [3.63, 3.8) is 0 Å². The quantitative estimate of drug-likeness (QED) is 0.636. The van der Waals surface area contributed by atoms with E-state index in [0.717, 1.165) is 6.07 Å². The summed E-state index contributed by atoms with van der Waals surface area (Å²) in [7, 11) is 0. The minimum Gasteiger partial charge on any atom is -0.294 e. The highest BCUT2D eigenvalue weighted by Gasteiger charge is 2.34. The summed E-state index contributed by atoms with van der Waals surface area (Å²) in [5, 5.41) is 2.16. The number of hydrogen-bond donors (Lipinski definition) is 0. The Morgan fingerprint density at radius 2 is 2.05 bits per heavy atom. The Bertz CT molecular complexity index is 592. The summed E-state index contributed by atoms with van der Waals surface area (Å²) < 4.78 is 50.6. The third-order valence-electron chi connectivity index (χ3n) is 2.39. The van der Waals surface area contributed by atoms with Gasteiger partial charge in [0, 0.05) is 17.1 Å². The Kier molecular flexibility index (Phi) is 3.66. The first-order valence-electron chi connectivity index (χ1n) is 5.16. The first-order valence-corrected chi connectivity index (χ1v) is 6.04. The third-order valence-corrected chi connectivity index (χ3v) is 3.17. The monoisotopic (exact) mass is 289 g/mol. The Morgan fingerprint density at radius 3 is 2.63 bits per heavy atom. The Hall–Kier alpha value is -1.76. The first-order chi connectivity index (χ1) is 8.88. The van der Waals surface area contributed by atoms with E-state index in [1.54, 1.807) is 5.38 Å². The number of thiazole rings is 1. The van der Waals surface area contributed by atoms with Crippen LogP contribution >= 0.6 is 11.3 Å². The van der Waals surface area contributed by atoms with Gasteiger partial charge in [0.1, 0.15) is 10.8 Å². The number of hydrogen-bond acceptors (Lipinski definition) is 3. The predicted octanol–water partition coefficient (Wildman–Crippen LogP) is 3.73. The molecule has 1 heterocycles. The summed E-state index contributed by atoms with van der Waals surface area (Å²) in [4.78, 5) is 15.7. The lowest BCUT2D eigenvalue weighted by molar-refractivity contribution is -0.140. The van der Waals surface area contributed by atoms with E-state index in [2.05, 4.69) is 4.98 Å². The fraction of sp³-hybridized carbons (Fsp3) is 0.167. The maximum absolute atomic E-state index is 13.1. The van der Waals surface area contributed by atoms with E-state index in [4.69, 9.17) is 0 Å². The number of Topliss-reactive ketones (excluding diaryl/α,β-unsaturated/α-hetero) is 1. The van der Waals surface area contributed by atoms with Gasteiger partial charge in [-0.1, -0.05) is 0 Å². The number of carbonyl (C=O) groups excluding carboxylic acids is 1. The van der Waals surface area contributed by atoms with Crippen LogP contribution in [0, 0.1) is 5.82 Å². The molecule has 0 aliphatic rings. The molecule has 0 saturated heterocycles. The van der Waals surface area contributed by atoms with Crippen LogP contribution < -0.4 is 0 Å². The van der Waals surface area contributed by atoms with Gasteiger partial charge in [0.2, 0.25) is 0 Å². The van der Waals surface area contributed by atoms with Crippen molar-refractivity contribution in [1.82, 2.24) is 4.98 Å². The molecule has 0 aliphatic carbocycles. The molecule has 0 spiro atoms. The molecule has 0 bridgehead atoms. The standard InChI is InChI=1S/C12H7F4NOS/c13-9-2-1-7(5-8(9)12(14,15)16)10(18)6-11-17-3-4-19-11/h1-5H,6H2. The van der Waals surface area contributed by atoms with Crippen molar-refractivity contribution in [1.29, 1.82) is 0 Å². The molecule has 2 aromatic rings. The minimum absolute atomic E-state index is 0.0966. The molecule has 0 fully saturated rings. The van der Waals surface area contributed by atoms with Crippen molar-refractivity contribution in [2.24, 2.45) is 0 Å². The Morgan fingerprint density at radius 1 is 1.32 bits per heavy atom. The molecular formula is C12H7F4NOS. The van der Waals surface area contributed by atoms with Crippen LogP contribution in [0.4, 0.5) is 17.6 Å². The lowest BCUT2D eigenvalue weighted by atomic mass is 10.0. The molecule has 0 aliphatic heterocycles. The molecule has 7 heteroatoms. The summed E-state index contributed by atoms with van der Waals surface area (Å²) in [5.41, 5.74) is -1.61. The molecule has 1 aromatic carbocycles. The van der Waals surface area contributed by atoms with Crippen LogP contribution in [0.15, 0.2) is 29.8 Å². The van der Waals surface area contributed by atoms with E-state index < -0.39 is 23.3 Å². The largest absolute Gasteiger partial charge is 0.419 e. The zero-order valence-corrected chi connectivity index (χ0v) is 10.2. The number of carbonyl (C=O) groups is 1. The Balaban J connectivity index is 2.28. The SMILES string of the molecule is O=C(Cc1nccs1)c1ccc(F)c(C(F)(F)F)c1. The summed E-state index contributed by atoms with van der Waals surface area (Å²) >= 11 is 1.23. The van der Waals surface area contributed by atoms with Crippen molar-refractivity contribution in [3.8, 4) is 0 Å². The van der Waals surface area contributed by atoms with Crippen molar-refractivity contribution in [2.45, 2.75) is 12.6 Å². The van der Waals surface area contributed by atoms with Crippen LogP contribution in [-0.2, 0) is 12.6 Å². The fourth-order valence-corrected chi connectivity index (χ4v) is 2.11. The van der Waals surface area contributed by atoms with Crippen molar-refractivity contribution in [3.05, 3.63) is 51.7 Å². The maximum atomic E-state index is 13.1. The van der Waals surface area contributed by atoms with Crippen LogP contribution in [0.3, 0.4) is 0 Å². The van der Waals surface area contributed by atoms with Gasteiger partial charge in [0.05, 0.1) is 12.0 Å². The third kappa shape index (κ3) is 3.17. The van der Waals surface area contributed by atoms with Gasteiger partial charge in [0.25, 0.3) is 0 Å². The van der Waals surface area contributed by atoms with Gasteiger partial charge in [-0.15, -0.1) is 11.3 Å². The molecule has 2 rings (SSSR count). The van der Waals surface area contributed by atoms with Gasteiger partial charge in [0.15, 0.2) is 5.78 Å². The normalized spacial score (nSPS) is 11.6. The van der Waals surface area contributed by atoms with Gasteiger partial charge < -0.3 is 0 Å². The second kappa shape index (κ2) is 5.08. The number of aromatic nitrogens is 1. The van der Waals surface area contributed by atoms with E-state index in [-0.39, 0.29) is 12.0 Å². The average molecular weight is 289 g/mol. The van der Waals surface area contributed by atoms with E-state index in [0.29, 0.717) is 17.1 Å². The van der Waals surface area contributed by atoms with E-state index in [1.807, 2.05) is 0 Å². The second-order valence-electron chi connectivity index (χ2n) is 3.72. The van der Waals surface area contributed by atoms with Gasteiger partial charge >= 0.3 is 6.18 Å². The smallest absolute Gasteiger partial charge is 0.294 e. The summed E-state index contributed by atoms with van der Waals surface area (Å²) in [6, 6.07) is 2.23. The number of nitrogens with zero attached hydrogens (tertiary/aromatic N) is 1. The van der Waals surface area contributed by atoms with Crippen LogP contribution in [0.5, 0.6) is 0 Å². The molecule has 19 heavy (non-hydrogen) atoms. The highest BCUT2D eigenvalue weighted by Crippen LogP contribution is 2.32. The number of rotatable bonds is 3. The summed E-state index contributed by atoms with van der Waals surface area (Å²) in [6.45, 7) is 0. The molecule has 0 radical (unpaired) electrons. The number of alkyl halides is 3. The molecule has 2 nitrogen and oxygen atoms in total. The van der Waals surface area contributed by atoms with Crippen LogP contribution in [-0.4, -0.2) is 10.8 Å². The number of ketones is 1. The van der Waals surface area contributed by atoms with Crippen molar-refractivity contribution in [2.75, 3.05) is 0 Å². The van der Waals surface area contributed by atoms with Crippen LogP contribution in [0.25, 0.3) is 0 Å². The highest BCUT2D eigenvalue weighted by molar-refractivity contribution is 7.09. The van der Waals surface area contributed by atoms with Gasteiger partial charge in [-0.05, 0) is 18.2 Å². The lowest BCUT2D eigenvalue weighted by Crippen LogP contribution is -2.11. The molecule has 100 valence electrons. The van der Waals surface area contributed by atoms with E-state index in [1.165, 1.54) is 17.5 Å². The van der Waals surface area contributed by atoms with Crippen LogP contribution in [0.2, 0.25) is 0 Å². The Labute approximate surface area is 109 Å². The fourth-order valence-electron chi connectivity index (χ4n) is 1.50. The summed E-state index contributed by atoms with van der Waals surface area (Å²) in [5.74, 6) is -1.92. The van der Waals surface area contributed by atoms with Gasteiger partial charge in [-0.25, -0.2) is 9.37 Å². The minimum atomic E-state index is -4.82. The van der Waals surface area contributed by atoms with Crippen LogP contribution in [0.1, 0.15) is 20.9 Å². The molecular weight excluding hydrogens is 282 g/mol. The molecule has 0 unspecified atom stereocenters. The summed E-state index contributed by atoms with van der Waals surface area (Å²) in [6.07, 6.45) is -3.42. The van der Waals surface area contributed by atoms with E-state index >= 15 is 0 Å². The molecule has 0 saturated carbocycles. The topological polar surface area (TPSA) is 30.0 Å². The van der Waals surface area contributed by atoms with Crippen molar-refractivity contribution >= 4 is 17.1 Å². The predicted molar refractivity (Wildman–Crippen MR) is 61.6 cm³/mol. The second-order valence-corrected chi connectivity index (χ2v) is 4.70. The first kappa shape index (κ1) is 13.7. The van der Waals surface area contributed by atoms with Gasteiger partial charge in [-0.2, -0.15) is 13.2 Å². The maximum Gasteiger partial charge on any atom is 0.419 e. The zero-order chi connectivity index (χ0) is 14.0.